The zero-order chi connectivity index (χ0) is 34.9. The number of carbonyl (C=O) groups excluding carboxylic acids is 2. The van der Waals surface area contributed by atoms with Crippen LogP contribution in [0.1, 0.15) is 72.1 Å². The fourth-order valence-electron chi connectivity index (χ4n) is 8.18. The molecule has 3 aromatic rings. The van der Waals surface area contributed by atoms with Gasteiger partial charge in [-0.25, -0.2) is 4.21 Å². The summed E-state index contributed by atoms with van der Waals surface area (Å²) in [4.78, 5) is 29.3. The normalized spacial score (nSPS) is 28.7. The lowest BCUT2D eigenvalue weighted by Gasteiger charge is -2.46. The number of halogens is 1. The zero-order valence-corrected chi connectivity index (χ0v) is 30.4. The number of fused-ring (bicyclic) bond motifs is 4. The van der Waals surface area contributed by atoms with Gasteiger partial charge in [0.25, 0.3) is 5.91 Å². The highest BCUT2D eigenvalue weighted by atomic mass is 35.5. The smallest absolute Gasteiger partial charge is 0.286 e. The summed E-state index contributed by atoms with van der Waals surface area (Å²) in [6.45, 7) is 4.26. The second kappa shape index (κ2) is 14.5. The molecule has 0 radical (unpaired) electrons. The van der Waals surface area contributed by atoms with Crippen LogP contribution in [0.25, 0.3) is 0 Å². The molecule has 2 aliphatic heterocycles. The molecule has 3 heterocycles. The first-order chi connectivity index (χ1) is 24.1. The molecule has 12 heteroatoms. The van der Waals surface area contributed by atoms with Crippen molar-refractivity contribution in [2.45, 2.75) is 76.4 Å². The molecule has 1 N–H and O–H groups in total. The van der Waals surface area contributed by atoms with Crippen LogP contribution >= 0.6 is 11.6 Å². The third-order valence-electron chi connectivity index (χ3n) is 11.0. The summed E-state index contributed by atoms with van der Waals surface area (Å²) in [5, 5.41) is 4.97. The van der Waals surface area contributed by atoms with Gasteiger partial charge in [-0.1, -0.05) is 29.8 Å². The number of nitrogens with one attached hydrogen (secondary N) is 1. The van der Waals surface area contributed by atoms with Crippen molar-refractivity contribution in [1.29, 1.82) is 0 Å². The number of allylic oxidation sites excluding steroid dienone is 1. The van der Waals surface area contributed by atoms with Gasteiger partial charge in [-0.2, -0.15) is 5.10 Å². The van der Waals surface area contributed by atoms with Gasteiger partial charge in [0.05, 0.1) is 24.2 Å². The van der Waals surface area contributed by atoms with Crippen molar-refractivity contribution >= 4 is 39.0 Å². The standard InChI is InChI=1S/C38H46ClN5O5S/c1-26-15-18-40-44(26)19-16-36(45)41-50(47)20-5-3-4-8-34(48-2)31-12-9-29(31)23-43-24-38(17-6-7-27-21-30(39)11-13-32(27)38)25-49-35-14-10-28(22-33(35)43)37(46)42-50/h4,8,10-11,13-15,18,21-22,29,31,34H,3,5-7,9,12,16-17,19-20,23-25H2,1-2H3,(H,41,42,45,46,47)/b8-4+/t29-,31+,34-,38-,50?/m0/s1. The van der Waals surface area contributed by atoms with Gasteiger partial charge in [-0.3, -0.25) is 19.0 Å². The average molecular weight is 720 g/mol. The Bertz CT molecular complexity index is 1920. The largest absolute Gasteiger partial charge is 0.490 e. The molecule has 2 amide bonds. The van der Waals surface area contributed by atoms with Gasteiger partial charge in [0.15, 0.2) is 0 Å². The molecule has 5 atom stereocenters. The summed E-state index contributed by atoms with van der Waals surface area (Å²) >= 11 is 6.45. The summed E-state index contributed by atoms with van der Waals surface area (Å²) in [6, 6.07) is 13.5. The Morgan fingerprint density at radius 2 is 2.06 bits per heavy atom. The summed E-state index contributed by atoms with van der Waals surface area (Å²) in [6.07, 6.45) is 12.2. The second-order valence-electron chi connectivity index (χ2n) is 14.3. The van der Waals surface area contributed by atoms with Gasteiger partial charge in [0.2, 0.25) is 5.91 Å². The van der Waals surface area contributed by atoms with E-state index in [1.165, 1.54) is 11.1 Å². The lowest BCUT2D eigenvalue weighted by Crippen LogP contribution is -2.49. The third kappa shape index (κ3) is 7.22. The number of rotatable bonds is 5. The molecule has 2 aromatic carbocycles. The first-order valence-corrected chi connectivity index (χ1v) is 19.8. The number of hydrogen-bond acceptors (Lipinski definition) is 7. The third-order valence-corrected chi connectivity index (χ3v) is 13.1. The fourth-order valence-corrected chi connectivity index (χ4v) is 10.0. The van der Waals surface area contributed by atoms with Crippen molar-refractivity contribution in [2.24, 2.45) is 16.2 Å². The van der Waals surface area contributed by atoms with Gasteiger partial charge in [0.1, 0.15) is 15.7 Å². The van der Waals surface area contributed by atoms with Crippen molar-refractivity contribution in [1.82, 2.24) is 14.5 Å². The van der Waals surface area contributed by atoms with Crippen LogP contribution in [0.5, 0.6) is 5.75 Å². The molecule has 4 aliphatic rings. The van der Waals surface area contributed by atoms with Crippen LogP contribution in [-0.2, 0) is 37.8 Å². The molecule has 1 spiro atoms. The Morgan fingerprint density at radius 3 is 2.84 bits per heavy atom. The van der Waals surface area contributed by atoms with E-state index in [0.29, 0.717) is 49.1 Å². The predicted molar refractivity (Wildman–Crippen MR) is 195 cm³/mol. The monoisotopic (exact) mass is 719 g/mol. The number of ether oxygens (including phenoxy) is 2. The van der Waals surface area contributed by atoms with Crippen LogP contribution in [0.4, 0.5) is 5.69 Å². The van der Waals surface area contributed by atoms with Gasteiger partial charge >= 0.3 is 0 Å². The molecule has 50 heavy (non-hydrogen) atoms. The molecule has 266 valence electrons. The van der Waals surface area contributed by atoms with E-state index in [1.54, 1.807) is 24.1 Å². The quantitative estimate of drug-likeness (QED) is 0.302. The zero-order valence-electron chi connectivity index (χ0n) is 28.8. The number of benzene rings is 2. The second-order valence-corrected chi connectivity index (χ2v) is 16.8. The van der Waals surface area contributed by atoms with Crippen LogP contribution in [-0.4, -0.2) is 64.5 Å². The molecule has 1 unspecified atom stereocenters. The van der Waals surface area contributed by atoms with E-state index in [0.717, 1.165) is 61.6 Å². The number of anilines is 1. The Morgan fingerprint density at radius 1 is 1.18 bits per heavy atom. The van der Waals surface area contributed by atoms with Crippen LogP contribution in [0.15, 0.2) is 65.2 Å². The maximum absolute atomic E-state index is 14.2. The molecule has 1 fully saturated rings. The summed E-state index contributed by atoms with van der Waals surface area (Å²) < 4.78 is 35.5. The minimum Gasteiger partial charge on any atom is -0.490 e. The molecule has 2 bridgehead atoms. The van der Waals surface area contributed by atoms with Crippen molar-refractivity contribution in [2.75, 3.05) is 37.5 Å². The van der Waals surface area contributed by atoms with Crippen LogP contribution < -0.4 is 14.4 Å². The maximum Gasteiger partial charge on any atom is 0.286 e. The van der Waals surface area contributed by atoms with E-state index in [-0.39, 0.29) is 23.7 Å². The summed E-state index contributed by atoms with van der Waals surface area (Å²) in [7, 11) is -1.65. The molecule has 1 aromatic heterocycles. The van der Waals surface area contributed by atoms with Crippen LogP contribution in [0.2, 0.25) is 5.02 Å². The molecular weight excluding hydrogens is 674 g/mol. The highest BCUT2D eigenvalue weighted by molar-refractivity contribution is 7.92. The predicted octanol–water partition coefficient (Wildman–Crippen LogP) is 6.44. The van der Waals surface area contributed by atoms with Crippen molar-refractivity contribution in [3.05, 3.63) is 88.2 Å². The number of carbonyl (C=O) groups is 2. The Kier molecular flexibility index (Phi) is 10.1. The minimum atomic E-state index is -3.42. The highest BCUT2D eigenvalue weighted by Crippen LogP contribution is 2.47. The number of amides is 2. The number of hydrogen-bond donors (Lipinski definition) is 1. The van der Waals surface area contributed by atoms with E-state index in [9.17, 15) is 13.8 Å². The van der Waals surface area contributed by atoms with Crippen LogP contribution in [0.3, 0.4) is 0 Å². The Labute approximate surface area is 299 Å². The van der Waals surface area contributed by atoms with Crippen molar-refractivity contribution in [3.63, 3.8) is 0 Å². The summed E-state index contributed by atoms with van der Waals surface area (Å²) in [5.41, 5.74) is 4.36. The number of aromatic nitrogens is 2. The number of methoxy groups -OCH3 is 1. The van der Waals surface area contributed by atoms with E-state index < -0.39 is 21.7 Å². The first kappa shape index (κ1) is 34.8. The van der Waals surface area contributed by atoms with Crippen LogP contribution in [0, 0.1) is 18.8 Å². The van der Waals surface area contributed by atoms with Gasteiger partial charge in [0, 0.05) is 61.1 Å². The van der Waals surface area contributed by atoms with E-state index >= 15 is 0 Å². The van der Waals surface area contributed by atoms with E-state index in [4.69, 9.17) is 21.1 Å². The molecule has 2 aliphatic carbocycles. The summed E-state index contributed by atoms with van der Waals surface area (Å²) in [5.74, 6) is 0.446. The molecule has 0 saturated heterocycles. The average Bonchev–Trinajstić information content (AvgIpc) is 3.43. The Hall–Kier alpha value is -3.67. The molecule has 7 rings (SSSR count). The van der Waals surface area contributed by atoms with E-state index in [1.807, 2.05) is 31.2 Å². The van der Waals surface area contributed by atoms with Gasteiger partial charge < -0.3 is 14.4 Å². The van der Waals surface area contributed by atoms with Gasteiger partial charge in [-0.15, -0.1) is 4.36 Å². The van der Waals surface area contributed by atoms with Crippen molar-refractivity contribution < 1.29 is 23.3 Å². The number of aryl methyl sites for hydroxylation is 3. The highest BCUT2D eigenvalue weighted by Gasteiger charge is 2.44. The topological polar surface area (TPSA) is 115 Å². The number of nitrogens with zero attached hydrogens (tertiary/aromatic N) is 4. The maximum atomic E-state index is 14.2. The molecule has 1 saturated carbocycles. The van der Waals surface area contributed by atoms with Gasteiger partial charge in [-0.05, 0) is 111 Å². The minimum absolute atomic E-state index is 0.0386. The Balaban J connectivity index is 1.24. The lowest BCUT2D eigenvalue weighted by molar-refractivity contribution is -0.119. The molecular formula is C38H46ClN5O5S. The van der Waals surface area contributed by atoms with E-state index in [2.05, 4.69) is 43.4 Å². The SMILES string of the molecule is CO[C@H]1/C=C/CCCS(=O)(NC(=O)CCn2nccc2C)=NC(=O)c2ccc3c(c2)N(C[C@@H]2CC[C@H]21)C[C@@]1(CCCc2cc(Cl)ccc21)CO3. The van der Waals surface area contributed by atoms with Crippen molar-refractivity contribution in [3.8, 4) is 5.75 Å². The lowest BCUT2D eigenvalue weighted by atomic mass is 9.68. The fraction of sp³-hybridized carbons (Fsp3) is 0.500. The molecule has 10 nitrogen and oxygen atoms in total. The first-order valence-electron chi connectivity index (χ1n) is 17.7.